The van der Waals surface area contributed by atoms with Gasteiger partial charge in [-0.3, -0.25) is 0 Å². The van der Waals surface area contributed by atoms with Crippen molar-refractivity contribution < 1.29 is 17.9 Å². The maximum Gasteiger partial charge on any atom is 0.244 e. The monoisotopic (exact) mass is 297 g/mol. The van der Waals surface area contributed by atoms with Crippen molar-refractivity contribution in [2.75, 3.05) is 13.2 Å². The number of nitrogens with one attached hydrogen (secondary N) is 1. The molecule has 2 aliphatic rings. The molecule has 6 heteroatoms. The summed E-state index contributed by atoms with van der Waals surface area (Å²) in [5.74, 6) is 1.21. The first-order valence-corrected chi connectivity index (χ1v) is 8.48. The molecule has 0 aliphatic carbocycles. The molecule has 3 rings (SSSR count). The molecule has 0 spiro atoms. The number of hydrogen-bond donors (Lipinski definition) is 1. The lowest BCUT2D eigenvalue weighted by atomic mass is 10.1. The molecule has 0 bridgehead atoms. The van der Waals surface area contributed by atoms with Gasteiger partial charge >= 0.3 is 0 Å². The lowest BCUT2D eigenvalue weighted by molar-refractivity contribution is 0.347. The van der Waals surface area contributed by atoms with Crippen molar-refractivity contribution in [2.24, 2.45) is 0 Å². The van der Waals surface area contributed by atoms with Crippen molar-refractivity contribution in [3.63, 3.8) is 0 Å². The van der Waals surface area contributed by atoms with Crippen LogP contribution in [0, 0.1) is 0 Å². The fraction of sp³-hybridized carbons (Fsp3) is 0.571. The topological polar surface area (TPSA) is 64.6 Å². The van der Waals surface area contributed by atoms with Crippen molar-refractivity contribution in [1.29, 1.82) is 0 Å². The van der Waals surface area contributed by atoms with Crippen molar-refractivity contribution in [2.45, 2.75) is 44.0 Å². The average molecular weight is 297 g/mol. The predicted octanol–water partition coefficient (Wildman–Crippen LogP) is 1.63. The second kappa shape index (κ2) is 4.93. The largest absolute Gasteiger partial charge is 0.493 e. The van der Waals surface area contributed by atoms with Crippen LogP contribution in [0.5, 0.6) is 11.5 Å². The van der Waals surface area contributed by atoms with Crippen LogP contribution in [0.2, 0.25) is 0 Å². The number of hydrogen-bond acceptors (Lipinski definition) is 4. The molecule has 0 radical (unpaired) electrons. The molecule has 20 heavy (non-hydrogen) atoms. The molecule has 0 saturated carbocycles. The molecule has 1 atom stereocenters. The van der Waals surface area contributed by atoms with Crippen molar-refractivity contribution >= 4 is 10.0 Å². The highest BCUT2D eigenvalue weighted by Crippen LogP contribution is 2.43. The zero-order valence-corrected chi connectivity index (χ0v) is 12.5. The third-order valence-electron chi connectivity index (χ3n) is 3.84. The third kappa shape index (κ3) is 2.16. The van der Waals surface area contributed by atoms with Crippen molar-refractivity contribution in [1.82, 2.24) is 4.72 Å². The van der Waals surface area contributed by atoms with Gasteiger partial charge in [-0.1, -0.05) is 6.92 Å². The lowest BCUT2D eigenvalue weighted by Crippen LogP contribution is -2.32. The quantitative estimate of drug-likeness (QED) is 0.917. The minimum atomic E-state index is -3.58. The van der Waals surface area contributed by atoms with Gasteiger partial charge in [-0.15, -0.1) is 0 Å². The van der Waals surface area contributed by atoms with Crippen LogP contribution in [0.25, 0.3) is 0 Å². The molecule has 5 nitrogen and oxygen atoms in total. The first-order valence-electron chi connectivity index (χ1n) is 6.99. The van der Waals surface area contributed by atoms with E-state index in [1.54, 1.807) is 0 Å². The summed E-state index contributed by atoms with van der Waals surface area (Å²) < 4.78 is 39.2. The Labute approximate surface area is 119 Å². The third-order valence-corrected chi connectivity index (χ3v) is 5.52. The molecule has 2 heterocycles. The van der Waals surface area contributed by atoms with E-state index >= 15 is 0 Å². The Morgan fingerprint density at radius 2 is 2.05 bits per heavy atom. The Balaban J connectivity index is 2.14. The van der Waals surface area contributed by atoms with E-state index in [0.717, 1.165) is 24.0 Å². The van der Waals surface area contributed by atoms with Crippen molar-refractivity contribution in [3.8, 4) is 11.5 Å². The Morgan fingerprint density at radius 1 is 1.30 bits per heavy atom. The Hall–Kier alpha value is -1.27. The van der Waals surface area contributed by atoms with Gasteiger partial charge in [0.1, 0.15) is 16.4 Å². The van der Waals surface area contributed by atoms with E-state index in [9.17, 15) is 8.42 Å². The summed E-state index contributed by atoms with van der Waals surface area (Å²) in [4.78, 5) is 0.292. The molecule has 1 aromatic rings. The first kappa shape index (κ1) is 13.7. The van der Waals surface area contributed by atoms with Gasteiger partial charge in [0.2, 0.25) is 10.0 Å². The predicted molar refractivity (Wildman–Crippen MR) is 74.9 cm³/mol. The van der Waals surface area contributed by atoms with E-state index in [0.29, 0.717) is 36.0 Å². The van der Waals surface area contributed by atoms with Crippen LogP contribution in [0.3, 0.4) is 0 Å². The maximum atomic E-state index is 12.7. The van der Waals surface area contributed by atoms with E-state index in [-0.39, 0.29) is 6.04 Å². The maximum absolute atomic E-state index is 12.7. The molecular weight excluding hydrogens is 278 g/mol. The average Bonchev–Trinajstić information content (AvgIpc) is 3.02. The summed E-state index contributed by atoms with van der Waals surface area (Å²) in [5.41, 5.74) is 1.68. The lowest BCUT2D eigenvalue weighted by Gasteiger charge is -2.16. The molecule has 1 unspecified atom stereocenters. The molecule has 0 amide bonds. The summed E-state index contributed by atoms with van der Waals surface area (Å²) in [6, 6.07) is 1.82. The van der Waals surface area contributed by atoms with E-state index in [1.165, 1.54) is 0 Å². The van der Waals surface area contributed by atoms with Gasteiger partial charge in [0.15, 0.2) is 0 Å². The second-order valence-electron chi connectivity index (χ2n) is 5.30. The minimum Gasteiger partial charge on any atom is -0.493 e. The highest BCUT2D eigenvalue weighted by atomic mass is 32.2. The Bertz CT molecular complexity index is 607. The van der Waals surface area contributed by atoms with Crippen LogP contribution in [0.4, 0.5) is 0 Å². The van der Waals surface area contributed by atoms with Gasteiger partial charge in [-0.2, -0.15) is 0 Å². The highest BCUT2D eigenvalue weighted by molar-refractivity contribution is 7.89. The normalized spacial score (nSPS) is 18.1. The molecular formula is C14H19NO4S. The summed E-state index contributed by atoms with van der Waals surface area (Å²) in [6.07, 6.45) is 2.09. The van der Waals surface area contributed by atoms with Crippen LogP contribution in [-0.4, -0.2) is 27.7 Å². The number of fused-ring (bicyclic) bond motifs is 2. The number of ether oxygens (including phenoxy) is 2. The molecule has 110 valence electrons. The Morgan fingerprint density at radius 3 is 2.80 bits per heavy atom. The number of sulfonamides is 1. The van der Waals surface area contributed by atoms with E-state index < -0.39 is 10.0 Å². The van der Waals surface area contributed by atoms with Crippen LogP contribution in [-0.2, 0) is 22.9 Å². The zero-order chi connectivity index (χ0) is 14.3. The van der Waals surface area contributed by atoms with Crippen LogP contribution >= 0.6 is 0 Å². The second-order valence-corrected chi connectivity index (χ2v) is 6.95. The van der Waals surface area contributed by atoms with Gasteiger partial charge < -0.3 is 9.47 Å². The van der Waals surface area contributed by atoms with E-state index in [1.807, 2.05) is 19.9 Å². The smallest absolute Gasteiger partial charge is 0.244 e. The highest BCUT2D eigenvalue weighted by Gasteiger charge is 2.34. The first-order chi connectivity index (χ1) is 9.53. The van der Waals surface area contributed by atoms with Crippen molar-refractivity contribution in [3.05, 3.63) is 17.2 Å². The van der Waals surface area contributed by atoms with E-state index in [4.69, 9.17) is 9.47 Å². The van der Waals surface area contributed by atoms with Crippen LogP contribution in [0.15, 0.2) is 11.0 Å². The molecule has 0 aromatic heterocycles. The van der Waals surface area contributed by atoms with Gasteiger partial charge in [0.25, 0.3) is 0 Å². The molecule has 2 aliphatic heterocycles. The van der Waals surface area contributed by atoms with Gasteiger partial charge in [-0.05, 0) is 19.4 Å². The van der Waals surface area contributed by atoms with Gasteiger partial charge in [-0.25, -0.2) is 13.1 Å². The standard InChI is InChI=1S/C14H19NO4S/c1-3-9(2)15-20(16,17)14-11-5-7-18-12(11)8-10-4-6-19-13(10)14/h8-9,15H,3-7H2,1-2H3. The molecule has 0 saturated heterocycles. The summed E-state index contributed by atoms with van der Waals surface area (Å²) in [5, 5.41) is 0. The molecule has 0 fully saturated rings. The van der Waals surface area contributed by atoms with Crippen LogP contribution in [0.1, 0.15) is 31.4 Å². The van der Waals surface area contributed by atoms with Gasteiger partial charge in [0.05, 0.1) is 13.2 Å². The number of benzene rings is 1. The van der Waals surface area contributed by atoms with Gasteiger partial charge in [0, 0.05) is 30.0 Å². The fourth-order valence-corrected chi connectivity index (χ4v) is 4.41. The Kier molecular flexibility index (Phi) is 3.38. The molecule has 1 aromatic carbocycles. The zero-order valence-electron chi connectivity index (χ0n) is 11.7. The summed E-state index contributed by atoms with van der Waals surface area (Å²) in [6.45, 7) is 4.87. The molecule has 1 N–H and O–H groups in total. The SMILES string of the molecule is CCC(C)NS(=O)(=O)c1c2c(cc3c1OCC3)OCC2. The fourth-order valence-electron chi connectivity index (χ4n) is 2.63. The van der Waals surface area contributed by atoms with Crippen LogP contribution < -0.4 is 14.2 Å². The minimum absolute atomic E-state index is 0.102. The summed E-state index contributed by atoms with van der Waals surface area (Å²) in [7, 11) is -3.58. The number of rotatable bonds is 4. The summed E-state index contributed by atoms with van der Waals surface area (Å²) >= 11 is 0. The van der Waals surface area contributed by atoms with E-state index in [2.05, 4.69) is 4.72 Å².